The molecular weight excluding hydrogens is 312 g/mol. The SMILES string of the molecule is C.C=C/C(=C\C=C/C)CCC.CC.CC.CC.CC1CCC1.CCCC. The van der Waals surface area contributed by atoms with Gasteiger partial charge in [0, 0.05) is 0 Å². The Hall–Kier alpha value is -0.780. The Labute approximate surface area is 171 Å². The highest BCUT2D eigenvalue weighted by atomic mass is 14.1. The van der Waals surface area contributed by atoms with Crippen molar-refractivity contribution < 1.29 is 0 Å². The number of unbranched alkanes of at least 4 members (excludes halogenated alkanes) is 1. The molecule has 0 saturated heterocycles. The second kappa shape index (κ2) is 49.6. The Kier molecular flexibility index (Phi) is 76.5. The summed E-state index contributed by atoms with van der Waals surface area (Å²) < 4.78 is 0. The molecule has 0 bridgehead atoms. The zero-order valence-electron chi connectivity index (χ0n) is 20.0. The molecule has 0 unspecified atom stereocenters. The van der Waals surface area contributed by atoms with Gasteiger partial charge in [-0.1, -0.05) is 146 Å². The van der Waals surface area contributed by atoms with Gasteiger partial charge in [-0.15, -0.1) is 0 Å². The van der Waals surface area contributed by atoms with Gasteiger partial charge in [0.25, 0.3) is 0 Å². The van der Waals surface area contributed by atoms with Gasteiger partial charge in [-0.05, 0) is 24.8 Å². The second-order valence-electron chi connectivity index (χ2n) is 5.26. The van der Waals surface area contributed by atoms with Crippen LogP contribution in [0.15, 0.2) is 36.5 Å². The van der Waals surface area contributed by atoms with E-state index in [4.69, 9.17) is 0 Å². The van der Waals surface area contributed by atoms with Crippen LogP contribution in [-0.2, 0) is 0 Å². The van der Waals surface area contributed by atoms with Gasteiger partial charge in [-0.2, -0.15) is 0 Å². The fourth-order valence-electron chi connectivity index (χ4n) is 1.37. The van der Waals surface area contributed by atoms with Crippen molar-refractivity contribution in [2.75, 3.05) is 0 Å². The quantitative estimate of drug-likeness (QED) is 0.422. The fourth-order valence-corrected chi connectivity index (χ4v) is 1.37. The van der Waals surface area contributed by atoms with Crippen molar-refractivity contribution in [1.82, 2.24) is 0 Å². The van der Waals surface area contributed by atoms with E-state index < -0.39 is 0 Å². The van der Waals surface area contributed by atoms with Gasteiger partial charge >= 0.3 is 0 Å². The van der Waals surface area contributed by atoms with Crippen LogP contribution in [0.3, 0.4) is 0 Å². The largest absolute Gasteiger partial charge is 0.0988 e. The summed E-state index contributed by atoms with van der Waals surface area (Å²) in [5, 5.41) is 0. The minimum absolute atomic E-state index is 0. The van der Waals surface area contributed by atoms with Crippen molar-refractivity contribution in [2.24, 2.45) is 5.92 Å². The van der Waals surface area contributed by atoms with Gasteiger partial charge < -0.3 is 0 Å². The van der Waals surface area contributed by atoms with E-state index in [1.807, 2.05) is 66.7 Å². The lowest BCUT2D eigenvalue weighted by molar-refractivity contribution is 0.346. The molecule has 0 atom stereocenters. The van der Waals surface area contributed by atoms with Crippen LogP contribution in [0.1, 0.15) is 129 Å². The smallest absolute Gasteiger partial charge is 0.0282 e. The average Bonchev–Trinajstić information content (AvgIpc) is 2.69. The Bertz CT molecular complexity index is 226. The van der Waals surface area contributed by atoms with Crippen LogP contribution in [0.5, 0.6) is 0 Å². The molecule has 1 aliphatic carbocycles. The first-order valence-electron chi connectivity index (χ1n) is 11.1. The summed E-state index contributed by atoms with van der Waals surface area (Å²) in [5.41, 5.74) is 1.32. The van der Waals surface area contributed by atoms with Crippen LogP contribution < -0.4 is 0 Å². The molecular formula is C26H58. The maximum atomic E-state index is 3.73. The second-order valence-corrected chi connectivity index (χ2v) is 5.26. The maximum absolute atomic E-state index is 3.73. The van der Waals surface area contributed by atoms with E-state index in [0.29, 0.717) is 0 Å². The predicted octanol–water partition coefficient (Wildman–Crippen LogP) is 10.8. The zero-order chi connectivity index (χ0) is 20.9. The summed E-state index contributed by atoms with van der Waals surface area (Å²) in [4.78, 5) is 0. The Morgan fingerprint density at radius 1 is 0.885 bits per heavy atom. The standard InChI is InChI=1S/C10H16.C5H10.C4H10.3C2H6.CH4/c1-4-7-9-10(6-3)8-5-2;1-5-3-2-4-5;1-3-4-2;3*1-2;/h4,6-7,9H,3,5,8H2,1-2H3;5H,2-4H2,1H3;3-4H2,1-2H3;3*1-2H3;1H4/b7-4-,10-9+;;;;;;. The predicted molar refractivity (Wildman–Crippen MR) is 132 cm³/mol. The minimum Gasteiger partial charge on any atom is -0.0988 e. The summed E-state index contributed by atoms with van der Waals surface area (Å²) >= 11 is 0. The molecule has 0 aliphatic heterocycles. The summed E-state index contributed by atoms with van der Waals surface area (Å²) in [5.74, 6) is 1.06. The first-order valence-corrected chi connectivity index (χ1v) is 11.1. The van der Waals surface area contributed by atoms with Gasteiger partial charge in [0.1, 0.15) is 0 Å². The van der Waals surface area contributed by atoms with Crippen LogP contribution >= 0.6 is 0 Å². The average molecular weight is 371 g/mol. The zero-order valence-corrected chi connectivity index (χ0v) is 20.0. The van der Waals surface area contributed by atoms with Gasteiger partial charge in [0.15, 0.2) is 0 Å². The number of allylic oxidation sites excluding steroid dienone is 5. The van der Waals surface area contributed by atoms with Gasteiger partial charge in [-0.3, -0.25) is 0 Å². The van der Waals surface area contributed by atoms with E-state index in [1.54, 1.807) is 0 Å². The molecule has 0 nitrogen and oxygen atoms in total. The Morgan fingerprint density at radius 3 is 1.42 bits per heavy atom. The highest BCUT2D eigenvalue weighted by molar-refractivity contribution is 5.21. The van der Waals surface area contributed by atoms with E-state index in [2.05, 4.69) is 40.3 Å². The molecule has 1 rings (SSSR count). The van der Waals surface area contributed by atoms with Crippen molar-refractivity contribution in [3.8, 4) is 0 Å². The lowest BCUT2D eigenvalue weighted by Gasteiger charge is -2.18. The normalized spacial score (nSPS) is 11.6. The fraction of sp³-hybridized carbons (Fsp3) is 0.769. The Morgan fingerprint density at radius 2 is 1.27 bits per heavy atom. The lowest BCUT2D eigenvalue weighted by atomic mass is 9.88. The summed E-state index contributed by atoms with van der Waals surface area (Å²) in [6.45, 7) is 26.6. The molecule has 0 aromatic heterocycles. The summed E-state index contributed by atoms with van der Waals surface area (Å²) in [6, 6.07) is 0. The van der Waals surface area contributed by atoms with Crippen molar-refractivity contribution in [3.05, 3.63) is 36.5 Å². The van der Waals surface area contributed by atoms with E-state index in [0.717, 1.165) is 12.3 Å². The molecule has 0 N–H and O–H groups in total. The molecule has 0 radical (unpaired) electrons. The molecule has 1 saturated carbocycles. The van der Waals surface area contributed by atoms with Crippen LogP contribution in [0.4, 0.5) is 0 Å². The monoisotopic (exact) mass is 370 g/mol. The topological polar surface area (TPSA) is 0 Å². The number of hydrogen-bond donors (Lipinski definition) is 0. The van der Waals surface area contributed by atoms with Gasteiger partial charge in [0.2, 0.25) is 0 Å². The molecule has 0 aromatic carbocycles. The first-order chi connectivity index (χ1) is 12.2. The molecule has 1 fully saturated rings. The molecule has 0 amide bonds. The van der Waals surface area contributed by atoms with Crippen molar-refractivity contribution in [2.45, 2.75) is 129 Å². The highest BCUT2D eigenvalue weighted by Crippen LogP contribution is 2.24. The highest BCUT2D eigenvalue weighted by Gasteiger charge is 2.09. The van der Waals surface area contributed by atoms with Crippen LogP contribution in [0, 0.1) is 5.92 Å². The molecule has 0 heterocycles. The minimum atomic E-state index is 0. The molecule has 162 valence electrons. The molecule has 1 aliphatic rings. The van der Waals surface area contributed by atoms with Crippen molar-refractivity contribution in [1.29, 1.82) is 0 Å². The van der Waals surface area contributed by atoms with Gasteiger partial charge in [0.05, 0.1) is 0 Å². The van der Waals surface area contributed by atoms with Crippen molar-refractivity contribution in [3.63, 3.8) is 0 Å². The maximum Gasteiger partial charge on any atom is -0.0282 e. The number of hydrogen-bond acceptors (Lipinski definition) is 0. The van der Waals surface area contributed by atoms with Crippen LogP contribution in [0.2, 0.25) is 0 Å². The van der Waals surface area contributed by atoms with E-state index >= 15 is 0 Å². The molecule has 0 heteroatoms. The molecule has 0 aromatic rings. The van der Waals surface area contributed by atoms with Crippen LogP contribution in [-0.4, -0.2) is 0 Å². The Balaban J connectivity index is -0.0000000531. The molecule has 0 spiro atoms. The summed E-state index contributed by atoms with van der Waals surface area (Å²) in [7, 11) is 0. The summed E-state index contributed by atoms with van der Waals surface area (Å²) in [6.07, 6.45) is 17.5. The molecule has 26 heavy (non-hydrogen) atoms. The van der Waals surface area contributed by atoms with Crippen LogP contribution in [0.25, 0.3) is 0 Å². The third kappa shape index (κ3) is 49.5. The van der Waals surface area contributed by atoms with E-state index in [9.17, 15) is 0 Å². The number of rotatable bonds is 5. The van der Waals surface area contributed by atoms with E-state index in [-0.39, 0.29) is 7.43 Å². The third-order valence-electron chi connectivity index (χ3n) is 3.20. The third-order valence-corrected chi connectivity index (χ3v) is 3.20. The van der Waals surface area contributed by atoms with Gasteiger partial charge in [-0.25, -0.2) is 0 Å². The van der Waals surface area contributed by atoms with E-state index in [1.165, 1.54) is 44.1 Å². The lowest BCUT2D eigenvalue weighted by Crippen LogP contribution is -2.04. The van der Waals surface area contributed by atoms with Crippen molar-refractivity contribution >= 4 is 0 Å². The first kappa shape index (κ1) is 40.0.